The first-order chi connectivity index (χ1) is 31.3. The minimum atomic E-state index is -1.46. The highest BCUT2D eigenvalue weighted by Crippen LogP contribution is 2.64. The molecule has 6 rings (SSSR count). The lowest BCUT2D eigenvalue weighted by atomic mass is 9.55. The highest BCUT2D eigenvalue weighted by atomic mass is 79.9. The van der Waals surface area contributed by atoms with E-state index in [4.69, 9.17) is 29.5 Å². The molecule has 0 radical (unpaired) electrons. The number of fused-ring (bicyclic) bond motifs is 2. The molecule has 4 aliphatic carbocycles. The van der Waals surface area contributed by atoms with E-state index in [0.717, 1.165) is 77.0 Å². The van der Waals surface area contributed by atoms with E-state index in [1.807, 2.05) is 74.6 Å². The van der Waals surface area contributed by atoms with Crippen molar-refractivity contribution in [2.75, 3.05) is 27.4 Å². The predicted octanol–water partition coefficient (Wildman–Crippen LogP) is 11.5. The zero-order valence-electron chi connectivity index (χ0n) is 42.4. The number of benzene rings is 2. The molecular formula is C51H80Br2N2O10S2. The number of methoxy groups -OCH3 is 2. The van der Waals surface area contributed by atoms with Crippen LogP contribution in [0.4, 0.5) is 0 Å². The van der Waals surface area contributed by atoms with Gasteiger partial charge in [-0.3, -0.25) is 0 Å². The number of rotatable bonds is 13. The van der Waals surface area contributed by atoms with Crippen molar-refractivity contribution >= 4 is 59.8 Å². The van der Waals surface area contributed by atoms with Gasteiger partial charge in [-0.1, -0.05) is 96.1 Å². The maximum atomic E-state index is 14.0. The van der Waals surface area contributed by atoms with Crippen molar-refractivity contribution in [2.45, 2.75) is 167 Å². The molecule has 67 heavy (non-hydrogen) atoms. The molecule has 0 amide bonds. The number of carbonyl (C=O) groups is 1. The van der Waals surface area contributed by atoms with Gasteiger partial charge < -0.3 is 18.9 Å². The van der Waals surface area contributed by atoms with Crippen LogP contribution in [0, 0.1) is 34.5 Å². The summed E-state index contributed by atoms with van der Waals surface area (Å²) >= 11 is 7.29. The molecule has 380 valence electrons. The van der Waals surface area contributed by atoms with E-state index >= 15 is 0 Å². The molecule has 2 spiro atoms. The molecule has 16 heteroatoms. The molecule has 2 aromatic rings. The molecule has 0 aromatic heterocycles. The fourth-order valence-corrected chi connectivity index (χ4v) is 15.0. The van der Waals surface area contributed by atoms with Gasteiger partial charge in [0.25, 0.3) is 0 Å². The second-order valence-corrected chi connectivity index (χ2v) is 26.9. The molecule has 4 N–H and O–H groups in total. The standard InChI is InChI=1S/C26H40BrNO3S.C25H38BrNO4S.H2O3/c1-9-19-15-25(14-17(3)23(19)30-8)16-20-11-12-21(27)13-22(20)26(25,18(4)31-10-2)28-32(29)24(5,6)7;1-8-17-14-24(13-16(3)21(17)30-7)15-18-10-11-19(26)12-20(18)25(24,22(28)31-9-2)27-32(29)23(4,5)6;1-3-2/h11-13,17,19,23,28H,4,9-10,14-16H2,1-3,5-8H3;10-12,16-17,21,27H,8-9,13-15H2,1-7H3;1-2H/t17-,19+,23+,25+,26-,32-;16-,17+,21+,24+,25+,32-;/m00./s1. The average molecular weight is 1110 g/mol. The molecule has 0 bridgehead atoms. The summed E-state index contributed by atoms with van der Waals surface area (Å²) in [6.45, 7) is 29.8. The van der Waals surface area contributed by atoms with Crippen molar-refractivity contribution in [2.24, 2.45) is 34.5 Å². The van der Waals surface area contributed by atoms with Gasteiger partial charge in [-0.05, 0) is 164 Å². The van der Waals surface area contributed by atoms with Crippen LogP contribution in [0.25, 0.3) is 0 Å². The van der Waals surface area contributed by atoms with Crippen LogP contribution in [-0.4, -0.2) is 74.0 Å². The number of ether oxygens (including phenoxy) is 4. The highest BCUT2D eigenvalue weighted by Gasteiger charge is 2.67. The van der Waals surface area contributed by atoms with E-state index in [1.54, 1.807) is 7.11 Å². The van der Waals surface area contributed by atoms with Crippen LogP contribution in [0.2, 0.25) is 0 Å². The molecule has 4 aliphatic rings. The first kappa shape index (κ1) is 58.0. The van der Waals surface area contributed by atoms with Crippen LogP contribution in [-0.2, 0) is 74.7 Å². The zero-order valence-corrected chi connectivity index (χ0v) is 47.2. The third kappa shape index (κ3) is 11.4. The van der Waals surface area contributed by atoms with Gasteiger partial charge in [0, 0.05) is 34.0 Å². The first-order valence-electron chi connectivity index (χ1n) is 23.8. The van der Waals surface area contributed by atoms with E-state index in [1.165, 1.54) is 5.56 Å². The molecule has 12 atom stereocenters. The normalized spacial score (nSPS) is 32.0. The fraction of sp³-hybridized carbons (Fsp3) is 0.706. The Morgan fingerprint density at radius 2 is 1.07 bits per heavy atom. The van der Waals surface area contributed by atoms with Gasteiger partial charge in [0.2, 0.25) is 0 Å². The van der Waals surface area contributed by atoms with Gasteiger partial charge in [-0.25, -0.2) is 33.2 Å². The van der Waals surface area contributed by atoms with E-state index < -0.39 is 48.0 Å². The first-order valence-corrected chi connectivity index (χ1v) is 27.7. The van der Waals surface area contributed by atoms with Crippen molar-refractivity contribution in [3.05, 3.63) is 79.9 Å². The minimum absolute atomic E-state index is 0.147. The maximum Gasteiger partial charge on any atom is 0.332 e. The minimum Gasteiger partial charge on any atom is -0.496 e. The van der Waals surface area contributed by atoms with Crippen molar-refractivity contribution in [3.8, 4) is 0 Å². The lowest BCUT2D eigenvalue weighted by Crippen LogP contribution is -2.64. The van der Waals surface area contributed by atoms with Crippen molar-refractivity contribution in [1.29, 1.82) is 0 Å². The quantitative estimate of drug-likeness (QED) is 0.0657. The Labute approximate surface area is 423 Å². The van der Waals surface area contributed by atoms with E-state index in [-0.39, 0.29) is 36.1 Å². The molecule has 0 unspecified atom stereocenters. The summed E-state index contributed by atoms with van der Waals surface area (Å²) in [5, 5.41) is 15.5. The monoisotopic (exact) mass is 1100 g/mol. The molecule has 0 saturated heterocycles. The Kier molecular flexibility index (Phi) is 20.2. The Balaban J connectivity index is 0.000000276. The maximum absolute atomic E-state index is 14.0. The topological polar surface area (TPSA) is 162 Å². The Hall–Kier alpha value is -1.57. The summed E-state index contributed by atoms with van der Waals surface area (Å²) in [5.74, 6) is 1.70. The third-order valence-electron chi connectivity index (χ3n) is 14.9. The van der Waals surface area contributed by atoms with Crippen molar-refractivity contribution in [3.63, 3.8) is 0 Å². The fourth-order valence-electron chi connectivity index (χ4n) is 12.3. The summed E-state index contributed by atoms with van der Waals surface area (Å²) < 4.78 is 59.1. The largest absolute Gasteiger partial charge is 0.496 e. The average Bonchev–Trinajstić information content (AvgIpc) is 3.64. The number of hydrogen-bond acceptors (Lipinski definition) is 10. The van der Waals surface area contributed by atoms with Crippen molar-refractivity contribution in [1.82, 2.24) is 9.44 Å². The van der Waals surface area contributed by atoms with Crippen LogP contribution < -0.4 is 9.44 Å². The molecular weight excluding hydrogens is 1020 g/mol. The summed E-state index contributed by atoms with van der Waals surface area (Å²) in [6, 6.07) is 12.6. The van der Waals surface area contributed by atoms with E-state index in [9.17, 15) is 13.2 Å². The highest BCUT2D eigenvalue weighted by molar-refractivity contribution is 9.10. The zero-order chi connectivity index (χ0) is 50.5. The number of halogens is 2. The Bertz CT molecular complexity index is 1940. The van der Waals surface area contributed by atoms with Crippen molar-refractivity contribution < 1.29 is 47.7 Å². The van der Waals surface area contributed by atoms with Gasteiger partial charge in [0.1, 0.15) is 11.3 Å². The number of hydrogen-bond donors (Lipinski definition) is 4. The second-order valence-electron chi connectivity index (χ2n) is 21.2. The van der Waals surface area contributed by atoms with Crippen LogP contribution in [0.3, 0.4) is 0 Å². The van der Waals surface area contributed by atoms with E-state index in [0.29, 0.717) is 30.1 Å². The number of nitrogens with one attached hydrogen (secondary N) is 2. The molecule has 0 aliphatic heterocycles. The van der Waals surface area contributed by atoms with Gasteiger partial charge in [0.05, 0.1) is 56.9 Å². The molecule has 2 fully saturated rings. The third-order valence-corrected chi connectivity index (χ3v) is 19.1. The van der Waals surface area contributed by atoms with Crippen LogP contribution >= 0.6 is 31.9 Å². The number of esters is 1. The lowest BCUT2D eigenvalue weighted by molar-refractivity contribution is -0.465. The summed E-state index contributed by atoms with van der Waals surface area (Å²) in [6.07, 6.45) is 7.58. The van der Waals surface area contributed by atoms with Gasteiger partial charge in [0.15, 0.2) is 5.54 Å². The molecule has 2 aromatic carbocycles. The Morgan fingerprint density at radius 3 is 1.43 bits per heavy atom. The Morgan fingerprint density at radius 1 is 0.701 bits per heavy atom. The smallest absolute Gasteiger partial charge is 0.332 e. The van der Waals surface area contributed by atoms with Crippen LogP contribution in [0.15, 0.2) is 57.7 Å². The predicted molar refractivity (Wildman–Crippen MR) is 276 cm³/mol. The van der Waals surface area contributed by atoms with Gasteiger partial charge in [-0.2, -0.15) is 0 Å². The number of carbonyl (C=O) groups excluding carboxylic acids is 1. The lowest BCUT2D eigenvalue weighted by Gasteiger charge is -2.55. The second kappa shape index (κ2) is 23.3. The van der Waals surface area contributed by atoms with Gasteiger partial charge in [-0.15, -0.1) is 0 Å². The summed E-state index contributed by atoms with van der Waals surface area (Å²) in [5.41, 5.74) is 1.88. The summed E-state index contributed by atoms with van der Waals surface area (Å²) in [4.78, 5) is 14.0. The molecule has 2 saturated carbocycles. The van der Waals surface area contributed by atoms with Crippen LogP contribution in [0.5, 0.6) is 0 Å². The SMILES string of the molecule is C=C(OCC)[C@]1(N[S@@](=O)C(C)(C)C)c2cc(Br)ccc2C[C@@]12C[C@@H](CC)[C@H](OC)[C@@H](C)C2.CCOC(=O)[C@]1(N[S@@](=O)C(C)(C)C)c2cc(Br)ccc2C[C@@]12C[C@@H](CC)[C@H](OC)[C@@H](C)C2.OOO. The molecule has 0 heterocycles. The van der Waals surface area contributed by atoms with E-state index in [2.05, 4.69) is 105 Å². The molecule has 12 nitrogen and oxygen atoms in total. The van der Waals surface area contributed by atoms with Gasteiger partial charge >= 0.3 is 5.97 Å². The summed E-state index contributed by atoms with van der Waals surface area (Å²) in [7, 11) is 0.851. The van der Waals surface area contributed by atoms with Crippen LogP contribution in [0.1, 0.15) is 144 Å².